The molecule has 3 atom stereocenters. The van der Waals surface area contributed by atoms with E-state index in [9.17, 15) is 5.11 Å². The van der Waals surface area contributed by atoms with Gasteiger partial charge in [-0.15, -0.1) is 0 Å². The summed E-state index contributed by atoms with van der Waals surface area (Å²) in [6.07, 6.45) is 5.48. The van der Waals surface area contributed by atoms with Gasteiger partial charge in [-0.25, -0.2) is 0 Å². The van der Waals surface area contributed by atoms with E-state index >= 15 is 0 Å². The summed E-state index contributed by atoms with van der Waals surface area (Å²) in [7, 11) is 0. The Morgan fingerprint density at radius 2 is 1.57 bits per heavy atom. The number of pyridine rings is 1. The van der Waals surface area contributed by atoms with Gasteiger partial charge in [-0.1, -0.05) is 79.2 Å². The quantitative estimate of drug-likeness (QED) is 0.455. The van der Waals surface area contributed by atoms with Gasteiger partial charge in [-0.2, -0.15) is 0 Å². The van der Waals surface area contributed by atoms with Gasteiger partial charge < -0.3 is 9.84 Å². The Bertz CT molecular complexity index is 1040. The van der Waals surface area contributed by atoms with Crippen molar-refractivity contribution >= 4 is 0 Å². The molecule has 1 aromatic carbocycles. The second kappa shape index (κ2) is 9.63. The molecule has 4 rings (SSSR count). The van der Waals surface area contributed by atoms with E-state index in [2.05, 4.69) is 86.6 Å². The van der Waals surface area contributed by atoms with Crippen LogP contribution < -0.4 is 0 Å². The number of aliphatic hydroxyl groups excluding tert-OH is 1. The molecular weight excluding hydrogens is 430 g/mol. The molecule has 0 saturated heterocycles. The van der Waals surface area contributed by atoms with Gasteiger partial charge in [0.15, 0.2) is 0 Å². The Balaban J connectivity index is 1.82. The van der Waals surface area contributed by atoms with Gasteiger partial charge >= 0.3 is 0 Å². The molecule has 1 aromatic heterocycles. The molecule has 192 valence electrons. The molecule has 0 radical (unpaired) electrons. The topological polar surface area (TPSA) is 42.4 Å². The summed E-state index contributed by atoms with van der Waals surface area (Å²) in [4.78, 5) is 5.32. The smallest absolute Gasteiger partial charge is 0.106 e. The Kier molecular flexibility index (Phi) is 7.25. The third-order valence-corrected chi connectivity index (χ3v) is 8.87. The molecule has 35 heavy (non-hydrogen) atoms. The Morgan fingerprint density at radius 1 is 0.971 bits per heavy atom. The van der Waals surface area contributed by atoms with Crippen LogP contribution in [0.25, 0.3) is 0 Å². The van der Waals surface area contributed by atoms with Crippen LogP contribution in [0.4, 0.5) is 0 Å². The van der Waals surface area contributed by atoms with Gasteiger partial charge in [0.2, 0.25) is 0 Å². The number of aromatic nitrogens is 1. The molecule has 1 N–H and O–H groups in total. The molecule has 0 bridgehead atoms. The molecule has 1 fully saturated rings. The number of nitrogens with zero attached hydrogens (tertiary/aromatic N) is 1. The van der Waals surface area contributed by atoms with Crippen molar-refractivity contribution in [2.24, 2.45) is 10.8 Å². The monoisotopic (exact) mass is 477 g/mol. The summed E-state index contributed by atoms with van der Waals surface area (Å²) in [6, 6.07) is 8.47. The fourth-order valence-corrected chi connectivity index (χ4v) is 5.94. The zero-order valence-corrected chi connectivity index (χ0v) is 23.5. The zero-order valence-electron chi connectivity index (χ0n) is 23.5. The van der Waals surface area contributed by atoms with Crippen LogP contribution >= 0.6 is 0 Å². The predicted octanol–water partition coefficient (Wildman–Crippen LogP) is 8.33. The van der Waals surface area contributed by atoms with Crippen LogP contribution in [0.5, 0.6) is 0 Å². The lowest BCUT2D eigenvalue weighted by molar-refractivity contribution is -0.0930. The number of benzene rings is 1. The largest absolute Gasteiger partial charge is 0.384 e. The highest BCUT2D eigenvalue weighted by molar-refractivity contribution is 5.48. The van der Waals surface area contributed by atoms with E-state index in [4.69, 9.17) is 9.72 Å². The number of rotatable bonds is 6. The van der Waals surface area contributed by atoms with E-state index in [0.717, 1.165) is 29.7 Å². The normalized spacial score (nSPS) is 21.2. The lowest BCUT2D eigenvalue weighted by Crippen LogP contribution is -2.41. The van der Waals surface area contributed by atoms with Crippen molar-refractivity contribution in [3.05, 3.63) is 63.5 Å². The number of aliphatic hydroxyl groups is 1. The average molecular weight is 478 g/mol. The highest BCUT2D eigenvalue weighted by Gasteiger charge is 2.46. The third-order valence-electron chi connectivity index (χ3n) is 8.87. The summed E-state index contributed by atoms with van der Waals surface area (Å²) >= 11 is 0. The summed E-state index contributed by atoms with van der Waals surface area (Å²) < 4.78 is 6.86. The molecule has 2 aliphatic rings. The fourth-order valence-electron chi connectivity index (χ4n) is 5.94. The predicted molar refractivity (Wildman–Crippen MR) is 145 cm³/mol. The van der Waals surface area contributed by atoms with Crippen molar-refractivity contribution in [2.45, 2.75) is 125 Å². The van der Waals surface area contributed by atoms with Gasteiger partial charge in [0.25, 0.3) is 0 Å². The molecule has 1 saturated carbocycles. The van der Waals surface area contributed by atoms with Crippen molar-refractivity contribution < 1.29 is 9.84 Å². The zero-order chi connectivity index (χ0) is 25.7. The first kappa shape index (κ1) is 26.4. The summed E-state index contributed by atoms with van der Waals surface area (Å²) in [5, 5.41) is 11.7. The Morgan fingerprint density at radius 3 is 2.06 bits per heavy atom. The lowest BCUT2D eigenvalue weighted by atomic mass is 9.59. The maximum absolute atomic E-state index is 11.7. The second-order valence-corrected chi connectivity index (χ2v) is 13.1. The molecule has 0 aliphatic heterocycles. The molecular formula is C32H47NO2. The molecule has 2 aliphatic carbocycles. The standard InChI is InChI=1S/C32H47NO2/c1-19(2)23-11-13-24(14-12-23)30(34)28-21(5)27-25(33-29(28)20(3)4)17-32(15-10-16-32)18-26(27)35-22(6)31(7,8)9/h11-14,19-20,22,26,30,34H,10,15-18H2,1-9H3/t22?,26?,30-/m1/s1. The van der Waals surface area contributed by atoms with E-state index in [-0.39, 0.29) is 23.5 Å². The van der Waals surface area contributed by atoms with Crippen molar-refractivity contribution in [2.75, 3.05) is 0 Å². The maximum atomic E-state index is 11.7. The minimum atomic E-state index is -0.688. The van der Waals surface area contributed by atoms with E-state index in [1.165, 1.54) is 41.6 Å². The number of ether oxygens (including phenoxy) is 1. The first-order chi connectivity index (χ1) is 16.3. The maximum Gasteiger partial charge on any atom is 0.106 e. The van der Waals surface area contributed by atoms with E-state index in [0.29, 0.717) is 11.3 Å². The second-order valence-electron chi connectivity index (χ2n) is 13.1. The van der Waals surface area contributed by atoms with Gasteiger partial charge in [0.1, 0.15) is 6.10 Å². The summed E-state index contributed by atoms with van der Waals surface area (Å²) in [5.74, 6) is 0.715. The van der Waals surface area contributed by atoms with Gasteiger partial charge in [-0.05, 0) is 78.9 Å². The SMILES string of the molecule is Cc1c2c(nc(C(C)C)c1[C@H](O)c1ccc(C(C)C)cc1)CC1(CCC1)CC2OC(C)C(C)(C)C. The van der Waals surface area contributed by atoms with Crippen LogP contribution in [0.3, 0.4) is 0 Å². The minimum absolute atomic E-state index is 0.0382. The number of hydrogen-bond acceptors (Lipinski definition) is 3. The summed E-state index contributed by atoms with van der Waals surface area (Å²) in [6.45, 7) is 20.0. The minimum Gasteiger partial charge on any atom is -0.384 e. The first-order valence-electron chi connectivity index (χ1n) is 13.8. The van der Waals surface area contributed by atoms with E-state index < -0.39 is 6.10 Å². The van der Waals surface area contributed by atoms with Gasteiger partial charge in [-0.3, -0.25) is 4.98 Å². The average Bonchev–Trinajstić information content (AvgIpc) is 2.76. The highest BCUT2D eigenvalue weighted by atomic mass is 16.5. The molecule has 2 unspecified atom stereocenters. The molecule has 3 nitrogen and oxygen atoms in total. The molecule has 2 aromatic rings. The molecule has 0 amide bonds. The fraction of sp³-hybridized carbons (Fsp3) is 0.656. The van der Waals surface area contributed by atoms with E-state index in [1.54, 1.807) is 0 Å². The van der Waals surface area contributed by atoms with Gasteiger partial charge in [0.05, 0.1) is 12.2 Å². The number of fused-ring (bicyclic) bond motifs is 1. The van der Waals surface area contributed by atoms with Crippen LogP contribution in [0.2, 0.25) is 0 Å². The van der Waals surface area contributed by atoms with Crippen LogP contribution in [-0.4, -0.2) is 16.2 Å². The van der Waals surface area contributed by atoms with Gasteiger partial charge in [0, 0.05) is 22.5 Å². The van der Waals surface area contributed by atoms with Crippen molar-refractivity contribution in [1.29, 1.82) is 0 Å². The molecule has 1 spiro atoms. The first-order valence-corrected chi connectivity index (χ1v) is 13.8. The van der Waals surface area contributed by atoms with Crippen LogP contribution in [0.15, 0.2) is 24.3 Å². The van der Waals surface area contributed by atoms with Crippen molar-refractivity contribution in [3.8, 4) is 0 Å². The van der Waals surface area contributed by atoms with Crippen molar-refractivity contribution in [1.82, 2.24) is 4.98 Å². The van der Waals surface area contributed by atoms with Crippen LogP contribution in [0.1, 0.15) is 144 Å². The third kappa shape index (κ3) is 5.09. The van der Waals surface area contributed by atoms with Crippen LogP contribution in [-0.2, 0) is 11.2 Å². The molecule has 3 heteroatoms. The Labute approximate surface area is 213 Å². The lowest BCUT2D eigenvalue weighted by Gasteiger charge is -2.49. The Hall–Kier alpha value is -1.71. The van der Waals surface area contributed by atoms with Crippen molar-refractivity contribution in [3.63, 3.8) is 0 Å². The van der Waals surface area contributed by atoms with Crippen LogP contribution in [0, 0.1) is 17.8 Å². The molecule has 1 heterocycles. The highest BCUT2D eigenvalue weighted by Crippen LogP contribution is 2.56. The number of hydrogen-bond donors (Lipinski definition) is 1. The summed E-state index contributed by atoms with van der Waals surface area (Å²) in [5.41, 5.74) is 8.32. The van der Waals surface area contributed by atoms with E-state index in [1.807, 2.05) is 0 Å².